The Labute approximate surface area is 163 Å². The van der Waals surface area contributed by atoms with Gasteiger partial charge in [-0.05, 0) is 48.4 Å². The van der Waals surface area contributed by atoms with Crippen molar-refractivity contribution in [1.29, 1.82) is 0 Å². The fourth-order valence-electron chi connectivity index (χ4n) is 2.54. The summed E-state index contributed by atoms with van der Waals surface area (Å²) in [6, 6.07) is 21.1. The molecule has 0 aliphatic carbocycles. The van der Waals surface area contributed by atoms with Gasteiger partial charge in [-0.1, -0.05) is 48.0 Å². The molecule has 140 valence electrons. The molecule has 0 radical (unpaired) electrons. The standard InChI is InChI=1S/C23H19NO4/c1-17-2-9-20(10-3-17)23(25)15-8-18-6-13-22(14-7-18)28-16-19-4-11-21(12-5-19)24(26)27/h2-15H,16H2,1H3/b15-8+. The molecule has 28 heavy (non-hydrogen) atoms. The molecule has 0 atom stereocenters. The van der Waals surface area contributed by atoms with Gasteiger partial charge in [0.05, 0.1) is 4.92 Å². The minimum Gasteiger partial charge on any atom is -0.489 e. The minimum atomic E-state index is -0.430. The average Bonchev–Trinajstić information content (AvgIpc) is 2.72. The molecule has 0 aliphatic heterocycles. The molecule has 0 N–H and O–H groups in total. The molecular weight excluding hydrogens is 354 g/mol. The molecule has 0 aromatic heterocycles. The van der Waals surface area contributed by atoms with Crippen molar-refractivity contribution in [2.75, 3.05) is 0 Å². The smallest absolute Gasteiger partial charge is 0.269 e. The van der Waals surface area contributed by atoms with Gasteiger partial charge in [-0.3, -0.25) is 14.9 Å². The van der Waals surface area contributed by atoms with E-state index in [2.05, 4.69) is 0 Å². The fraction of sp³-hybridized carbons (Fsp3) is 0.0870. The van der Waals surface area contributed by atoms with E-state index in [-0.39, 0.29) is 11.5 Å². The number of ether oxygens (including phenoxy) is 1. The third-order valence-electron chi connectivity index (χ3n) is 4.20. The summed E-state index contributed by atoms with van der Waals surface area (Å²) in [6.45, 7) is 2.30. The Bertz CT molecular complexity index is 988. The molecule has 5 nitrogen and oxygen atoms in total. The summed E-state index contributed by atoms with van der Waals surface area (Å²) in [4.78, 5) is 22.4. The number of nitrogens with zero attached hydrogens (tertiary/aromatic N) is 1. The van der Waals surface area contributed by atoms with Gasteiger partial charge in [-0.25, -0.2) is 0 Å². The Morgan fingerprint density at radius 3 is 2.21 bits per heavy atom. The molecule has 0 fully saturated rings. The van der Waals surface area contributed by atoms with Gasteiger partial charge in [0, 0.05) is 17.7 Å². The number of aryl methyl sites for hydroxylation is 1. The lowest BCUT2D eigenvalue weighted by atomic mass is 10.1. The van der Waals surface area contributed by atoms with E-state index in [0.717, 1.165) is 16.7 Å². The number of nitro groups is 1. The summed E-state index contributed by atoms with van der Waals surface area (Å²) in [5.74, 6) is 0.638. The molecule has 3 aromatic carbocycles. The summed E-state index contributed by atoms with van der Waals surface area (Å²) in [5.41, 5.74) is 3.57. The van der Waals surface area contributed by atoms with Crippen molar-refractivity contribution < 1.29 is 14.5 Å². The normalized spacial score (nSPS) is 10.8. The van der Waals surface area contributed by atoms with Crippen LogP contribution in [0.3, 0.4) is 0 Å². The van der Waals surface area contributed by atoms with Gasteiger partial charge in [-0.2, -0.15) is 0 Å². The van der Waals surface area contributed by atoms with E-state index in [1.807, 2.05) is 55.5 Å². The monoisotopic (exact) mass is 373 g/mol. The Balaban J connectivity index is 1.56. The molecule has 0 aliphatic rings. The number of allylic oxidation sites excluding steroid dienone is 1. The van der Waals surface area contributed by atoms with Crippen LogP contribution in [0.2, 0.25) is 0 Å². The number of carbonyl (C=O) groups excluding carboxylic acids is 1. The zero-order valence-corrected chi connectivity index (χ0v) is 15.4. The maximum absolute atomic E-state index is 12.2. The highest BCUT2D eigenvalue weighted by molar-refractivity contribution is 6.06. The van der Waals surface area contributed by atoms with Crippen molar-refractivity contribution >= 4 is 17.5 Å². The number of ketones is 1. The SMILES string of the molecule is Cc1ccc(C(=O)/C=C/c2ccc(OCc3ccc([N+](=O)[O-])cc3)cc2)cc1. The molecule has 0 unspecified atom stereocenters. The average molecular weight is 373 g/mol. The highest BCUT2D eigenvalue weighted by Gasteiger charge is 2.04. The number of hydrogen-bond donors (Lipinski definition) is 0. The Kier molecular flexibility index (Phi) is 5.97. The van der Waals surface area contributed by atoms with E-state index in [4.69, 9.17) is 4.74 Å². The first-order valence-corrected chi connectivity index (χ1v) is 8.76. The molecule has 3 rings (SSSR count). The second kappa shape index (κ2) is 8.77. The van der Waals surface area contributed by atoms with E-state index in [1.54, 1.807) is 24.3 Å². The van der Waals surface area contributed by atoms with Crippen molar-refractivity contribution in [3.63, 3.8) is 0 Å². The maximum Gasteiger partial charge on any atom is 0.269 e. The Morgan fingerprint density at radius 2 is 1.61 bits per heavy atom. The van der Waals surface area contributed by atoms with Gasteiger partial charge in [0.1, 0.15) is 12.4 Å². The zero-order valence-electron chi connectivity index (χ0n) is 15.4. The molecule has 3 aromatic rings. The summed E-state index contributed by atoms with van der Waals surface area (Å²) >= 11 is 0. The molecule has 5 heteroatoms. The van der Waals surface area contributed by atoms with E-state index < -0.39 is 4.92 Å². The van der Waals surface area contributed by atoms with E-state index in [9.17, 15) is 14.9 Å². The van der Waals surface area contributed by atoms with Crippen molar-refractivity contribution in [1.82, 2.24) is 0 Å². The predicted molar refractivity (Wildman–Crippen MR) is 108 cm³/mol. The number of non-ortho nitro benzene ring substituents is 1. The lowest BCUT2D eigenvalue weighted by Gasteiger charge is -2.06. The molecule has 0 heterocycles. The van der Waals surface area contributed by atoms with Crippen LogP contribution in [0.1, 0.15) is 27.0 Å². The summed E-state index contributed by atoms with van der Waals surface area (Å²) < 4.78 is 5.69. The fourth-order valence-corrected chi connectivity index (χ4v) is 2.54. The third kappa shape index (κ3) is 5.14. The van der Waals surface area contributed by atoms with Crippen molar-refractivity contribution in [3.8, 4) is 5.75 Å². The lowest BCUT2D eigenvalue weighted by molar-refractivity contribution is -0.384. The first-order valence-electron chi connectivity index (χ1n) is 8.76. The number of nitro benzene ring substituents is 1. The van der Waals surface area contributed by atoms with Crippen molar-refractivity contribution in [3.05, 3.63) is 111 Å². The molecule has 0 saturated carbocycles. The van der Waals surface area contributed by atoms with Crippen molar-refractivity contribution in [2.45, 2.75) is 13.5 Å². The van der Waals surface area contributed by atoms with Gasteiger partial charge in [0.25, 0.3) is 5.69 Å². The minimum absolute atomic E-state index is 0.0431. The molecule has 0 spiro atoms. The first-order chi connectivity index (χ1) is 13.5. The Hall–Kier alpha value is -3.73. The van der Waals surface area contributed by atoms with Crippen LogP contribution in [0.25, 0.3) is 6.08 Å². The number of benzene rings is 3. The van der Waals surface area contributed by atoms with Crippen LogP contribution in [0, 0.1) is 17.0 Å². The Morgan fingerprint density at radius 1 is 0.964 bits per heavy atom. The molecular formula is C23H19NO4. The van der Waals surface area contributed by atoms with Crippen LogP contribution in [0.4, 0.5) is 5.69 Å². The maximum atomic E-state index is 12.2. The zero-order chi connectivity index (χ0) is 19.9. The highest BCUT2D eigenvalue weighted by atomic mass is 16.6. The molecule has 0 saturated heterocycles. The van der Waals surface area contributed by atoms with Crippen LogP contribution >= 0.6 is 0 Å². The quantitative estimate of drug-likeness (QED) is 0.241. The van der Waals surface area contributed by atoms with E-state index in [1.165, 1.54) is 12.1 Å². The van der Waals surface area contributed by atoms with Gasteiger partial charge in [0.15, 0.2) is 5.78 Å². The number of carbonyl (C=O) groups is 1. The van der Waals surface area contributed by atoms with Gasteiger partial charge >= 0.3 is 0 Å². The summed E-state index contributed by atoms with van der Waals surface area (Å²) in [6.07, 6.45) is 3.32. The summed E-state index contributed by atoms with van der Waals surface area (Å²) in [7, 11) is 0. The topological polar surface area (TPSA) is 69.4 Å². The summed E-state index contributed by atoms with van der Waals surface area (Å²) in [5, 5.41) is 10.7. The van der Waals surface area contributed by atoms with Crippen molar-refractivity contribution in [2.24, 2.45) is 0 Å². The molecule has 0 amide bonds. The third-order valence-corrected chi connectivity index (χ3v) is 4.20. The van der Waals surface area contributed by atoms with Crippen LogP contribution in [0.15, 0.2) is 78.9 Å². The lowest BCUT2D eigenvalue weighted by Crippen LogP contribution is -1.96. The van der Waals surface area contributed by atoms with Crippen LogP contribution in [-0.4, -0.2) is 10.7 Å². The number of rotatable bonds is 7. The van der Waals surface area contributed by atoms with Gasteiger partial charge in [-0.15, -0.1) is 0 Å². The van der Waals surface area contributed by atoms with Crippen LogP contribution < -0.4 is 4.74 Å². The highest BCUT2D eigenvalue weighted by Crippen LogP contribution is 2.17. The van der Waals surface area contributed by atoms with E-state index >= 15 is 0 Å². The van der Waals surface area contributed by atoms with Gasteiger partial charge in [0.2, 0.25) is 0 Å². The van der Waals surface area contributed by atoms with Gasteiger partial charge < -0.3 is 4.74 Å². The first kappa shape index (κ1) is 19.0. The second-order valence-electron chi connectivity index (χ2n) is 6.34. The largest absolute Gasteiger partial charge is 0.489 e. The van der Waals surface area contributed by atoms with Crippen LogP contribution in [0.5, 0.6) is 5.75 Å². The number of hydrogen-bond acceptors (Lipinski definition) is 4. The molecule has 0 bridgehead atoms. The second-order valence-corrected chi connectivity index (χ2v) is 6.34. The van der Waals surface area contributed by atoms with Crippen LogP contribution in [-0.2, 0) is 6.61 Å². The van der Waals surface area contributed by atoms with E-state index in [0.29, 0.717) is 17.9 Å². The predicted octanol–water partition coefficient (Wildman–Crippen LogP) is 5.38.